The van der Waals surface area contributed by atoms with E-state index < -0.39 is 10.0 Å². The highest BCUT2D eigenvalue weighted by Crippen LogP contribution is 2.40. The molecule has 0 bridgehead atoms. The topological polar surface area (TPSA) is 66.4 Å². The fraction of sp³-hybridized carbons (Fsp3) is 0.692. The predicted molar refractivity (Wildman–Crippen MR) is 77.0 cm³/mol. The highest BCUT2D eigenvalue weighted by molar-refractivity contribution is 7.88. The van der Waals surface area contributed by atoms with Gasteiger partial charge in [0.2, 0.25) is 16.0 Å². The molecule has 0 atom stereocenters. The van der Waals surface area contributed by atoms with E-state index in [1.54, 1.807) is 22.8 Å². The van der Waals surface area contributed by atoms with Crippen molar-refractivity contribution < 1.29 is 8.42 Å². The first kappa shape index (κ1) is 13.8. The SMILES string of the molecule is CS(=O)(=O)N1CCCC12CCN(c1ncccn1)CC2. The van der Waals surface area contributed by atoms with Gasteiger partial charge in [-0.15, -0.1) is 0 Å². The minimum absolute atomic E-state index is 0.168. The van der Waals surface area contributed by atoms with Crippen LogP contribution >= 0.6 is 0 Å². The van der Waals surface area contributed by atoms with Crippen molar-refractivity contribution in [3.05, 3.63) is 18.5 Å². The zero-order chi connectivity index (χ0) is 14.2. The zero-order valence-electron chi connectivity index (χ0n) is 11.7. The van der Waals surface area contributed by atoms with Crippen molar-refractivity contribution in [3.63, 3.8) is 0 Å². The van der Waals surface area contributed by atoms with E-state index in [9.17, 15) is 8.42 Å². The van der Waals surface area contributed by atoms with Gasteiger partial charge in [0.15, 0.2) is 0 Å². The summed E-state index contributed by atoms with van der Waals surface area (Å²) in [6.07, 6.45) is 8.47. The number of rotatable bonds is 2. The second-order valence-corrected chi connectivity index (χ2v) is 7.61. The third kappa shape index (κ3) is 2.40. The summed E-state index contributed by atoms with van der Waals surface area (Å²) in [5.41, 5.74) is -0.168. The van der Waals surface area contributed by atoms with Gasteiger partial charge in [-0.2, -0.15) is 4.31 Å². The van der Waals surface area contributed by atoms with Crippen LogP contribution in [0.5, 0.6) is 0 Å². The molecule has 3 heterocycles. The number of hydrogen-bond donors (Lipinski definition) is 0. The highest BCUT2D eigenvalue weighted by atomic mass is 32.2. The van der Waals surface area contributed by atoms with Crippen LogP contribution in [0.2, 0.25) is 0 Å². The molecule has 0 aliphatic carbocycles. The summed E-state index contributed by atoms with van der Waals surface area (Å²) in [7, 11) is -3.11. The zero-order valence-corrected chi connectivity index (χ0v) is 12.5. The molecule has 2 saturated heterocycles. The van der Waals surface area contributed by atoms with Gasteiger partial charge in [-0.05, 0) is 31.7 Å². The van der Waals surface area contributed by atoms with Gasteiger partial charge in [-0.3, -0.25) is 0 Å². The van der Waals surface area contributed by atoms with Crippen LogP contribution in [-0.2, 0) is 10.0 Å². The molecule has 6 nitrogen and oxygen atoms in total. The van der Waals surface area contributed by atoms with Gasteiger partial charge < -0.3 is 4.90 Å². The van der Waals surface area contributed by atoms with Crippen LogP contribution in [-0.4, -0.2) is 54.1 Å². The number of hydrogen-bond acceptors (Lipinski definition) is 5. The summed E-state index contributed by atoms with van der Waals surface area (Å²) in [5.74, 6) is 0.742. The van der Waals surface area contributed by atoms with E-state index in [0.29, 0.717) is 6.54 Å². The van der Waals surface area contributed by atoms with Crippen molar-refractivity contribution >= 4 is 16.0 Å². The first-order valence-electron chi connectivity index (χ1n) is 7.01. The lowest BCUT2D eigenvalue weighted by atomic mass is 9.86. The Kier molecular flexibility index (Phi) is 3.41. The number of aromatic nitrogens is 2. The molecule has 2 aliphatic heterocycles. The number of sulfonamides is 1. The van der Waals surface area contributed by atoms with E-state index in [2.05, 4.69) is 14.9 Å². The van der Waals surface area contributed by atoms with Crippen molar-refractivity contribution in [1.82, 2.24) is 14.3 Å². The molecule has 20 heavy (non-hydrogen) atoms. The molecule has 0 radical (unpaired) electrons. The molecule has 1 aromatic rings. The van der Waals surface area contributed by atoms with Crippen molar-refractivity contribution in [2.24, 2.45) is 0 Å². The van der Waals surface area contributed by atoms with E-state index in [4.69, 9.17) is 0 Å². The fourth-order valence-corrected chi connectivity index (χ4v) is 4.95. The van der Waals surface area contributed by atoms with Gasteiger partial charge in [0.05, 0.1) is 6.26 Å². The third-order valence-electron chi connectivity index (χ3n) is 4.46. The Balaban J connectivity index is 1.75. The standard InChI is InChI=1S/C13H20N4O2S/c1-20(18,19)17-9-2-4-13(17)5-10-16(11-6-13)12-14-7-3-8-15-12/h3,7-8H,2,4-6,9-11H2,1H3. The van der Waals surface area contributed by atoms with Gasteiger partial charge in [-0.25, -0.2) is 18.4 Å². The molecule has 3 rings (SSSR count). The van der Waals surface area contributed by atoms with Gasteiger partial charge >= 0.3 is 0 Å². The molecule has 7 heteroatoms. The fourth-order valence-electron chi connectivity index (χ4n) is 3.51. The van der Waals surface area contributed by atoms with Crippen LogP contribution in [0.1, 0.15) is 25.7 Å². The highest BCUT2D eigenvalue weighted by Gasteiger charge is 2.47. The van der Waals surface area contributed by atoms with E-state index in [1.165, 1.54) is 6.26 Å². The Morgan fingerprint density at radius 3 is 2.35 bits per heavy atom. The average Bonchev–Trinajstić information content (AvgIpc) is 2.84. The maximum absolute atomic E-state index is 11.9. The van der Waals surface area contributed by atoms with E-state index in [1.807, 2.05) is 0 Å². The van der Waals surface area contributed by atoms with E-state index >= 15 is 0 Å². The maximum Gasteiger partial charge on any atom is 0.225 e. The summed E-state index contributed by atoms with van der Waals surface area (Å²) in [6, 6.07) is 1.80. The van der Waals surface area contributed by atoms with Crippen LogP contribution in [0.4, 0.5) is 5.95 Å². The summed E-state index contributed by atoms with van der Waals surface area (Å²) in [5, 5.41) is 0. The summed E-state index contributed by atoms with van der Waals surface area (Å²) < 4.78 is 25.6. The van der Waals surface area contributed by atoms with Gasteiger partial charge in [0, 0.05) is 37.6 Å². The first-order chi connectivity index (χ1) is 9.51. The lowest BCUT2D eigenvalue weighted by molar-refractivity contribution is 0.193. The van der Waals surface area contributed by atoms with Crippen LogP contribution < -0.4 is 4.90 Å². The largest absolute Gasteiger partial charge is 0.341 e. The molecule has 0 unspecified atom stereocenters. The Bertz CT molecular complexity index is 567. The van der Waals surface area contributed by atoms with E-state index in [0.717, 1.165) is 44.7 Å². The second-order valence-electron chi connectivity index (χ2n) is 5.70. The van der Waals surface area contributed by atoms with Gasteiger partial charge in [-0.1, -0.05) is 0 Å². The molecule has 2 fully saturated rings. The quantitative estimate of drug-likeness (QED) is 0.810. The van der Waals surface area contributed by atoms with Crippen LogP contribution in [0.15, 0.2) is 18.5 Å². The van der Waals surface area contributed by atoms with Crippen molar-refractivity contribution in [1.29, 1.82) is 0 Å². The monoisotopic (exact) mass is 296 g/mol. The molecule has 0 saturated carbocycles. The average molecular weight is 296 g/mol. The molecule has 110 valence electrons. The molecule has 1 spiro atoms. The lowest BCUT2D eigenvalue weighted by Crippen LogP contribution is -2.54. The first-order valence-corrected chi connectivity index (χ1v) is 8.86. The Hall–Kier alpha value is -1.21. The molecule has 2 aliphatic rings. The summed E-state index contributed by atoms with van der Waals surface area (Å²) >= 11 is 0. The third-order valence-corrected chi connectivity index (χ3v) is 5.83. The van der Waals surface area contributed by atoms with Gasteiger partial charge in [0.25, 0.3) is 0 Å². The minimum atomic E-state index is -3.11. The smallest absolute Gasteiger partial charge is 0.225 e. The lowest BCUT2D eigenvalue weighted by Gasteiger charge is -2.43. The molecular formula is C13H20N4O2S. The number of nitrogens with zero attached hydrogens (tertiary/aromatic N) is 4. The second kappa shape index (κ2) is 4.96. The Morgan fingerprint density at radius 2 is 1.75 bits per heavy atom. The normalized spacial score (nSPS) is 23.4. The Morgan fingerprint density at radius 1 is 1.10 bits per heavy atom. The number of anilines is 1. The van der Waals surface area contributed by atoms with Crippen molar-refractivity contribution in [3.8, 4) is 0 Å². The molecular weight excluding hydrogens is 276 g/mol. The summed E-state index contributed by atoms with van der Waals surface area (Å²) in [4.78, 5) is 10.7. The Labute approximate surface area is 119 Å². The number of piperidine rings is 1. The van der Waals surface area contributed by atoms with Gasteiger partial charge in [0.1, 0.15) is 0 Å². The van der Waals surface area contributed by atoms with Crippen LogP contribution in [0.3, 0.4) is 0 Å². The van der Waals surface area contributed by atoms with Crippen LogP contribution in [0.25, 0.3) is 0 Å². The van der Waals surface area contributed by atoms with Crippen LogP contribution in [0, 0.1) is 0 Å². The summed E-state index contributed by atoms with van der Waals surface area (Å²) in [6.45, 7) is 2.30. The van der Waals surface area contributed by atoms with E-state index in [-0.39, 0.29) is 5.54 Å². The van der Waals surface area contributed by atoms with Crippen molar-refractivity contribution in [2.45, 2.75) is 31.2 Å². The predicted octanol–water partition coefficient (Wildman–Crippen LogP) is 0.871. The maximum atomic E-state index is 11.9. The minimum Gasteiger partial charge on any atom is -0.341 e. The molecule has 0 aromatic carbocycles. The molecule has 1 aromatic heterocycles. The molecule has 0 N–H and O–H groups in total. The molecule has 0 amide bonds. The van der Waals surface area contributed by atoms with Crippen molar-refractivity contribution in [2.75, 3.05) is 30.8 Å².